The molecule has 0 unspecified atom stereocenters. The predicted octanol–water partition coefficient (Wildman–Crippen LogP) is 8.77. The molecule has 6 aromatic carbocycles. The van der Waals surface area contributed by atoms with Crippen molar-refractivity contribution in [2.75, 3.05) is 0 Å². The van der Waals surface area contributed by atoms with Gasteiger partial charge in [-0.1, -0.05) is 60.7 Å². The first kappa shape index (κ1) is 22.7. The summed E-state index contributed by atoms with van der Waals surface area (Å²) in [4.78, 5) is 9.04. The normalized spacial score (nSPS) is 11.8. The quantitative estimate of drug-likeness (QED) is 0.221. The molecule has 40 heavy (non-hydrogen) atoms. The highest BCUT2D eigenvalue weighted by Crippen LogP contribution is 2.36. The van der Waals surface area contributed by atoms with E-state index in [1.54, 1.807) is 0 Å². The molecule has 8 rings (SSSR count). The van der Waals surface area contributed by atoms with Crippen molar-refractivity contribution in [1.82, 2.24) is 19.1 Å². The molecule has 0 aliphatic heterocycles. The molecular formula is C36H26N4. The molecule has 0 saturated heterocycles. The zero-order valence-electron chi connectivity index (χ0n) is 22.3. The second kappa shape index (κ2) is 8.65. The van der Waals surface area contributed by atoms with Gasteiger partial charge in [0.25, 0.3) is 0 Å². The summed E-state index contributed by atoms with van der Waals surface area (Å²) in [5.41, 5.74) is 11.4. The van der Waals surface area contributed by atoms with E-state index < -0.39 is 0 Å². The number of benzene rings is 6. The molecule has 8 aromatic rings. The fourth-order valence-electron chi connectivity index (χ4n) is 5.93. The number of imidazole rings is 2. The first-order chi connectivity index (χ1) is 19.6. The van der Waals surface area contributed by atoms with Gasteiger partial charge >= 0.3 is 0 Å². The van der Waals surface area contributed by atoms with Crippen LogP contribution < -0.4 is 0 Å². The lowest BCUT2D eigenvalue weighted by Crippen LogP contribution is -1.89. The van der Waals surface area contributed by atoms with Crippen LogP contribution in [0.2, 0.25) is 0 Å². The lowest BCUT2D eigenvalue weighted by molar-refractivity contribution is 0.948. The van der Waals surface area contributed by atoms with Crippen molar-refractivity contribution in [3.63, 3.8) is 0 Å². The Morgan fingerprint density at radius 2 is 0.925 bits per heavy atom. The maximum atomic E-state index is 4.52. The van der Waals surface area contributed by atoms with E-state index in [4.69, 9.17) is 0 Å². The minimum absolute atomic E-state index is 1.01. The van der Waals surface area contributed by atoms with Gasteiger partial charge in [0.05, 0.1) is 34.7 Å². The van der Waals surface area contributed by atoms with Crippen molar-refractivity contribution in [2.45, 2.75) is 0 Å². The first-order valence-corrected chi connectivity index (χ1v) is 13.5. The molecule has 0 aliphatic rings. The van der Waals surface area contributed by atoms with Gasteiger partial charge in [0, 0.05) is 14.1 Å². The van der Waals surface area contributed by atoms with Crippen LogP contribution in [-0.4, -0.2) is 19.1 Å². The summed E-state index contributed by atoms with van der Waals surface area (Å²) in [7, 11) is 4.09. The molecule has 0 spiro atoms. The standard InChI is InChI=1S/C36H26N4/c1-39-21-37-33-13-10-25(19-35(33)39)29-16-28(17-30(18-29)26-11-14-34-36(20-26)40(2)22-38-34)24-9-12-32-27(15-24)8-7-23-5-3-4-6-31(23)32/h3-22H,1-2H3. The van der Waals surface area contributed by atoms with Gasteiger partial charge in [-0.15, -0.1) is 0 Å². The number of hydrogen-bond acceptors (Lipinski definition) is 2. The molecule has 2 aromatic heterocycles. The number of aromatic nitrogens is 4. The summed E-state index contributed by atoms with van der Waals surface area (Å²) < 4.78 is 4.15. The molecular weight excluding hydrogens is 488 g/mol. The largest absolute Gasteiger partial charge is 0.334 e. The summed E-state index contributed by atoms with van der Waals surface area (Å²) in [5, 5.41) is 5.08. The molecule has 0 bridgehead atoms. The minimum atomic E-state index is 1.01. The molecule has 0 aliphatic carbocycles. The summed E-state index contributed by atoms with van der Waals surface area (Å²) >= 11 is 0. The van der Waals surface area contributed by atoms with E-state index in [-0.39, 0.29) is 0 Å². The highest BCUT2D eigenvalue weighted by atomic mass is 15.0. The van der Waals surface area contributed by atoms with E-state index in [1.807, 2.05) is 26.7 Å². The molecule has 4 heteroatoms. The average molecular weight is 515 g/mol. The zero-order chi connectivity index (χ0) is 26.8. The number of rotatable bonds is 3. The van der Waals surface area contributed by atoms with Crippen molar-refractivity contribution in [3.05, 3.63) is 122 Å². The van der Waals surface area contributed by atoms with Crippen LogP contribution in [0.25, 0.3) is 77.0 Å². The van der Waals surface area contributed by atoms with Gasteiger partial charge in [0.1, 0.15) is 0 Å². The molecule has 0 radical (unpaired) electrons. The second-order valence-electron chi connectivity index (χ2n) is 10.6. The van der Waals surface area contributed by atoms with E-state index in [2.05, 4.69) is 128 Å². The van der Waals surface area contributed by atoms with Crippen LogP contribution in [-0.2, 0) is 14.1 Å². The Bertz CT molecular complexity index is 2150. The topological polar surface area (TPSA) is 35.6 Å². The Labute approximate surface area is 231 Å². The molecule has 2 heterocycles. The molecule has 0 saturated carbocycles. The summed E-state index contributed by atoms with van der Waals surface area (Å²) in [6, 6.07) is 39.9. The third-order valence-corrected chi connectivity index (χ3v) is 8.13. The molecule has 0 amide bonds. The first-order valence-electron chi connectivity index (χ1n) is 13.5. The van der Waals surface area contributed by atoms with Gasteiger partial charge in [0.2, 0.25) is 0 Å². The van der Waals surface area contributed by atoms with E-state index in [0.29, 0.717) is 0 Å². The monoisotopic (exact) mass is 514 g/mol. The maximum Gasteiger partial charge on any atom is 0.0955 e. The van der Waals surface area contributed by atoms with Crippen LogP contribution in [0, 0.1) is 0 Å². The minimum Gasteiger partial charge on any atom is -0.334 e. The van der Waals surface area contributed by atoms with Crippen molar-refractivity contribution in [1.29, 1.82) is 0 Å². The Hall–Kier alpha value is -5.22. The third kappa shape index (κ3) is 3.61. The van der Waals surface area contributed by atoms with Crippen LogP contribution in [0.1, 0.15) is 0 Å². The van der Waals surface area contributed by atoms with Crippen molar-refractivity contribution < 1.29 is 0 Å². The van der Waals surface area contributed by atoms with Gasteiger partial charge in [-0.3, -0.25) is 0 Å². The SMILES string of the molecule is Cn1cnc2ccc(-c3cc(-c4ccc5c(ccc6ccccc65)c4)cc(-c4ccc5ncn(C)c5c4)c3)cc21. The molecule has 190 valence electrons. The molecule has 0 fully saturated rings. The molecule has 0 N–H and O–H groups in total. The van der Waals surface area contributed by atoms with Gasteiger partial charge in [-0.2, -0.15) is 0 Å². The lowest BCUT2D eigenvalue weighted by Gasteiger charge is -2.13. The number of fused-ring (bicyclic) bond motifs is 5. The number of nitrogens with zero attached hydrogens (tertiary/aromatic N) is 4. The van der Waals surface area contributed by atoms with Crippen molar-refractivity contribution >= 4 is 43.6 Å². The van der Waals surface area contributed by atoms with E-state index in [9.17, 15) is 0 Å². The third-order valence-electron chi connectivity index (χ3n) is 8.13. The number of hydrogen-bond donors (Lipinski definition) is 0. The van der Waals surface area contributed by atoms with E-state index >= 15 is 0 Å². The van der Waals surface area contributed by atoms with Crippen LogP contribution in [0.15, 0.2) is 122 Å². The van der Waals surface area contributed by atoms with Gasteiger partial charge < -0.3 is 9.13 Å². The summed E-state index contributed by atoms with van der Waals surface area (Å²) in [5.74, 6) is 0. The molecule has 0 atom stereocenters. The van der Waals surface area contributed by atoms with Crippen LogP contribution >= 0.6 is 0 Å². The summed E-state index contributed by atoms with van der Waals surface area (Å²) in [6.45, 7) is 0. The Morgan fingerprint density at radius 1 is 0.425 bits per heavy atom. The second-order valence-corrected chi connectivity index (χ2v) is 10.6. The maximum absolute atomic E-state index is 4.52. The fraction of sp³-hybridized carbons (Fsp3) is 0.0556. The predicted molar refractivity (Wildman–Crippen MR) is 166 cm³/mol. The van der Waals surface area contributed by atoms with E-state index in [1.165, 1.54) is 54.9 Å². The van der Waals surface area contributed by atoms with Crippen molar-refractivity contribution in [3.8, 4) is 33.4 Å². The zero-order valence-corrected chi connectivity index (χ0v) is 22.3. The van der Waals surface area contributed by atoms with E-state index in [0.717, 1.165) is 22.1 Å². The Balaban J connectivity index is 1.35. The van der Waals surface area contributed by atoms with Gasteiger partial charge in [-0.05, 0) is 103 Å². The Kier molecular flexibility index (Phi) is 4.92. The molecule has 4 nitrogen and oxygen atoms in total. The average Bonchev–Trinajstić information content (AvgIpc) is 3.57. The van der Waals surface area contributed by atoms with Gasteiger partial charge in [0.15, 0.2) is 0 Å². The smallest absolute Gasteiger partial charge is 0.0955 e. The fourth-order valence-corrected chi connectivity index (χ4v) is 5.93. The van der Waals surface area contributed by atoms with Crippen LogP contribution in [0.5, 0.6) is 0 Å². The Morgan fingerprint density at radius 3 is 1.55 bits per heavy atom. The number of aryl methyl sites for hydroxylation is 2. The summed E-state index contributed by atoms with van der Waals surface area (Å²) in [6.07, 6.45) is 3.75. The van der Waals surface area contributed by atoms with Crippen LogP contribution in [0.4, 0.5) is 0 Å². The van der Waals surface area contributed by atoms with Gasteiger partial charge in [-0.25, -0.2) is 9.97 Å². The highest BCUT2D eigenvalue weighted by Gasteiger charge is 2.12. The van der Waals surface area contributed by atoms with Crippen molar-refractivity contribution in [2.24, 2.45) is 14.1 Å². The lowest BCUT2D eigenvalue weighted by atomic mass is 9.91. The highest BCUT2D eigenvalue weighted by molar-refractivity contribution is 6.08. The van der Waals surface area contributed by atoms with Crippen LogP contribution in [0.3, 0.4) is 0 Å².